The Morgan fingerprint density at radius 3 is 2.24 bits per heavy atom. The summed E-state index contributed by atoms with van der Waals surface area (Å²) >= 11 is 0. The summed E-state index contributed by atoms with van der Waals surface area (Å²) in [5.74, 6) is -2.13. The standard InChI is InChI=1S/C45H71NO13/c1-14-33-26(4)35(47)27(5)37-24(2)21-45(10,59-37)39(57-42-36(48)32(46(11)12)20-25(3)53-42)28(6)38(29(7)41(49)55-33)56-34-22-44(9,51-13)40(30(8)54-34)58-43(50)52-23-31-18-16-15-17-19-31/h15-19,25-30,32-36,38-40,42,47-48H,14,20-23H2,1-13H3/t25-,26+,27-,28+,29-,30+,32+,33-,34+,35+,36-,38+,39-,40+,42+,44-,45+/m1/s1. The molecule has 0 amide bonds. The maximum atomic E-state index is 14.3. The van der Waals surface area contributed by atoms with E-state index in [2.05, 4.69) is 0 Å². The van der Waals surface area contributed by atoms with Gasteiger partial charge >= 0.3 is 12.1 Å². The summed E-state index contributed by atoms with van der Waals surface area (Å²) in [5.41, 5.74) is -0.322. The van der Waals surface area contributed by atoms with Crippen LogP contribution in [-0.4, -0.2) is 127 Å². The number of fused-ring (bicyclic) bond motifs is 2. The number of ether oxygens (including phenoxy) is 9. The maximum absolute atomic E-state index is 14.3. The van der Waals surface area contributed by atoms with Crippen LogP contribution in [0.25, 0.3) is 0 Å². The van der Waals surface area contributed by atoms with E-state index in [1.165, 1.54) is 7.11 Å². The number of aliphatic hydroxyl groups is 2. The molecule has 2 N–H and O–H groups in total. The molecule has 0 aromatic heterocycles. The van der Waals surface area contributed by atoms with Crippen molar-refractivity contribution in [2.24, 2.45) is 23.7 Å². The molecule has 2 bridgehead atoms. The number of rotatable bonds is 10. The van der Waals surface area contributed by atoms with Gasteiger partial charge in [0, 0.05) is 43.7 Å². The second kappa shape index (κ2) is 19.5. The van der Waals surface area contributed by atoms with Crippen molar-refractivity contribution in [1.29, 1.82) is 0 Å². The van der Waals surface area contributed by atoms with E-state index in [0.29, 0.717) is 25.0 Å². The number of hydrogen-bond acceptors (Lipinski definition) is 14. The summed E-state index contributed by atoms with van der Waals surface area (Å²) in [5, 5.41) is 23.4. The van der Waals surface area contributed by atoms with Crippen molar-refractivity contribution >= 4 is 12.1 Å². The Balaban J connectivity index is 1.49. The maximum Gasteiger partial charge on any atom is 0.509 e. The number of esters is 1. The Morgan fingerprint density at radius 1 is 0.932 bits per heavy atom. The number of nitrogens with zero attached hydrogens (tertiary/aromatic N) is 1. The molecule has 0 unspecified atom stereocenters. The number of carbonyl (C=O) groups excluding carboxylic acids is 2. The fourth-order valence-corrected chi connectivity index (χ4v) is 9.74. The van der Waals surface area contributed by atoms with Crippen molar-refractivity contribution in [2.75, 3.05) is 21.2 Å². The Bertz CT molecular complexity index is 1590. The molecule has 4 heterocycles. The molecular weight excluding hydrogens is 762 g/mol. The van der Waals surface area contributed by atoms with Gasteiger partial charge < -0.3 is 57.7 Å². The number of cyclic esters (lactones) is 1. The van der Waals surface area contributed by atoms with Gasteiger partial charge in [-0.25, -0.2) is 4.79 Å². The van der Waals surface area contributed by atoms with Crippen LogP contribution in [0.2, 0.25) is 0 Å². The van der Waals surface area contributed by atoms with Gasteiger partial charge in [0.2, 0.25) is 0 Å². The zero-order chi connectivity index (χ0) is 43.6. The second-order valence-electron chi connectivity index (χ2n) is 18.2. The van der Waals surface area contributed by atoms with E-state index in [4.69, 9.17) is 42.6 Å². The van der Waals surface area contributed by atoms with Gasteiger partial charge in [0.1, 0.15) is 41.9 Å². The number of aliphatic hydroxyl groups excluding tert-OH is 2. The lowest BCUT2D eigenvalue weighted by molar-refractivity contribution is -0.317. The highest BCUT2D eigenvalue weighted by Crippen LogP contribution is 2.47. The zero-order valence-electron chi connectivity index (χ0n) is 37.4. The molecule has 59 heavy (non-hydrogen) atoms. The summed E-state index contributed by atoms with van der Waals surface area (Å²) in [7, 11) is 5.38. The average molecular weight is 834 g/mol. The number of hydrogen-bond donors (Lipinski definition) is 2. The van der Waals surface area contributed by atoms with Gasteiger partial charge in [-0.15, -0.1) is 0 Å². The Kier molecular flexibility index (Phi) is 15.6. The van der Waals surface area contributed by atoms with Crippen molar-refractivity contribution < 1.29 is 62.4 Å². The molecule has 1 aromatic rings. The van der Waals surface area contributed by atoms with Crippen molar-refractivity contribution in [3.63, 3.8) is 0 Å². The first-order valence-electron chi connectivity index (χ1n) is 21.4. The van der Waals surface area contributed by atoms with Gasteiger partial charge in [-0.1, -0.05) is 58.0 Å². The molecule has 1 aromatic carbocycles. The molecule has 0 saturated carbocycles. The number of benzene rings is 1. The first kappa shape index (κ1) is 47.2. The van der Waals surface area contributed by atoms with Gasteiger partial charge in [-0.2, -0.15) is 0 Å². The smallest absolute Gasteiger partial charge is 0.489 e. The van der Waals surface area contributed by atoms with Crippen LogP contribution in [0.4, 0.5) is 4.79 Å². The van der Waals surface area contributed by atoms with Crippen LogP contribution in [-0.2, 0) is 54.0 Å². The lowest BCUT2D eigenvalue weighted by Gasteiger charge is -2.49. The van der Waals surface area contributed by atoms with Gasteiger partial charge in [-0.05, 0) is 79.6 Å². The molecule has 0 aliphatic carbocycles. The van der Waals surface area contributed by atoms with Crippen LogP contribution < -0.4 is 0 Å². The first-order valence-corrected chi connectivity index (χ1v) is 21.4. The molecule has 0 spiro atoms. The predicted molar refractivity (Wildman–Crippen MR) is 218 cm³/mol. The minimum absolute atomic E-state index is 0.0419. The molecule has 0 radical (unpaired) electrons. The third-order valence-corrected chi connectivity index (χ3v) is 13.3. The highest BCUT2D eigenvalue weighted by atomic mass is 16.8. The van der Waals surface area contributed by atoms with E-state index in [-0.39, 0.29) is 25.2 Å². The van der Waals surface area contributed by atoms with Crippen LogP contribution in [0.5, 0.6) is 0 Å². The number of carbonyl (C=O) groups is 2. The summed E-state index contributed by atoms with van der Waals surface area (Å²) in [6, 6.07) is 9.08. The Morgan fingerprint density at radius 2 is 1.61 bits per heavy atom. The van der Waals surface area contributed by atoms with Gasteiger partial charge in [0.25, 0.3) is 0 Å². The molecule has 3 saturated heterocycles. The van der Waals surface area contributed by atoms with Crippen molar-refractivity contribution in [1.82, 2.24) is 4.90 Å². The van der Waals surface area contributed by atoms with Crippen LogP contribution in [0.15, 0.2) is 41.7 Å². The third-order valence-electron chi connectivity index (χ3n) is 13.3. The van der Waals surface area contributed by atoms with Crippen LogP contribution in [0.1, 0.15) is 100 Å². The lowest BCUT2D eigenvalue weighted by Crippen LogP contribution is -2.60. The molecular formula is C45H71NO13. The quantitative estimate of drug-likeness (QED) is 0.259. The Hall–Kier alpha value is -2.82. The molecule has 14 heteroatoms. The fraction of sp³-hybridized carbons (Fsp3) is 0.778. The minimum atomic E-state index is -1.08. The van der Waals surface area contributed by atoms with Crippen LogP contribution >= 0.6 is 0 Å². The minimum Gasteiger partial charge on any atom is -0.489 e. The van der Waals surface area contributed by atoms with Gasteiger partial charge in [0.15, 0.2) is 18.7 Å². The average Bonchev–Trinajstić information content (AvgIpc) is 3.52. The van der Waals surface area contributed by atoms with E-state index in [1.54, 1.807) is 13.8 Å². The summed E-state index contributed by atoms with van der Waals surface area (Å²) in [4.78, 5) is 29.3. The molecule has 14 nitrogen and oxygen atoms in total. The third kappa shape index (κ3) is 10.5. The predicted octanol–water partition coefficient (Wildman–Crippen LogP) is 6.14. The molecule has 4 aliphatic heterocycles. The van der Waals surface area contributed by atoms with Crippen LogP contribution in [0, 0.1) is 23.7 Å². The van der Waals surface area contributed by atoms with E-state index in [0.717, 1.165) is 11.1 Å². The molecule has 3 fully saturated rings. The molecule has 334 valence electrons. The van der Waals surface area contributed by atoms with E-state index < -0.39 is 102 Å². The number of likely N-dealkylation sites (N-methyl/N-ethyl adjacent to an activating group) is 1. The largest absolute Gasteiger partial charge is 0.509 e. The highest BCUT2D eigenvalue weighted by molar-refractivity contribution is 5.73. The topological polar surface area (TPSA) is 161 Å². The summed E-state index contributed by atoms with van der Waals surface area (Å²) < 4.78 is 57.2. The van der Waals surface area contributed by atoms with Gasteiger partial charge in [0.05, 0.1) is 30.3 Å². The summed E-state index contributed by atoms with van der Waals surface area (Å²) in [6.45, 7) is 19.0. The van der Waals surface area contributed by atoms with Crippen molar-refractivity contribution in [3.8, 4) is 0 Å². The second-order valence-corrected chi connectivity index (χ2v) is 18.2. The van der Waals surface area contributed by atoms with Crippen LogP contribution in [0.3, 0.4) is 0 Å². The SMILES string of the molecule is CC[C@H]1OC(=O)[C@H](C)[C@@H](O[C@H]2C[C@@](C)(OC)[C@@H](OC(=O)OCc3ccccc3)[C@H](C)O2)[C@H](C)[C@@H](O[C@@H]2O[C@H](C)C[C@H](N(C)C)[C@H]2O)[C@]2(C)CC(C)=C(O2)[C@H](C)[C@@H](O)[C@H]1C. The normalized spacial score (nSPS) is 42.2. The summed E-state index contributed by atoms with van der Waals surface area (Å²) in [6.07, 6.45) is -7.10. The monoisotopic (exact) mass is 833 g/mol. The molecule has 5 rings (SSSR count). The fourth-order valence-electron chi connectivity index (χ4n) is 9.74. The first-order chi connectivity index (χ1) is 27.7. The number of methoxy groups -OCH3 is 1. The van der Waals surface area contributed by atoms with Crippen molar-refractivity contribution in [2.45, 2.75) is 180 Å². The van der Waals surface area contributed by atoms with E-state index in [1.807, 2.05) is 105 Å². The highest BCUT2D eigenvalue weighted by Gasteiger charge is 2.55. The van der Waals surface area contributed by atoms with Crippen molar-refractivity contribution in [3.05, 3.63) is 47.2 Å². The van der Waals surface area contributed by atoms with E-state index >= 15 is 0 Å². The molecule has 17 atom stereocenters. The Labute approximate surface area is 351 Å². The lowest BCUT2D eigenvalue weighted by atomic mass is 9.79. The van der Waals surface area contributed by atoms with Gasteiger partial charge in [-0.3, -0.25) is 4.79 Å². The zero-order valence-corrected chi connectivity index (χ0v) is 37.4. The van der Waals surface area contributed by atoms with E-state index in [9.17, 15) is 19.8 Å². The molecule has 4 aliphatic rings.